The fourth-order valence-corrected chi connectivity index (χ4v) is 4.19. The number of amidine groups is 1. The van der Waals surface area contributed by atoms with E-state index >= 15 is 0 Å². The van der Waals surface area contributed by atoms with E-state index in [-0.39, 0.29) is 48.6 Å². The fraction of sp³-hybridized carbons (Fsp3) is 0.344. The van der Waals surface area contributed by atoms with Gasteiger partial charge < -0.3 is 27.4 Å². The Balaban J connectivity index is 0.000000501. The Hall–Kier alpha value is -5.75. The molecule has 0 saturated heterocycles. The highest BCUT2D eigenvalue weighted by molar-refractivity contribution is 6.41. The number of halogens is 6. The van der Waals surface area contributed by atoms with Crippen LogP contribution in [0.2, 0.25) is 0 Å². The van der Waals surface area contributed by atoms with Gasteiger partial charge in [0.15, 0.2) is 5.82 Å². The molecule has 274 valence electrons. The van der Waals surface area contributed by atoms with Crippen LogP contribution in [0.25, 0.3) is 11.3 Å². The maximum atomic E-state index is 13.4. The van der Waals surface area contributed by atoms with Gasteiger partial charge in [-0.15, -0.1) is 0 Å². The van der Waals surface area contributed by atoms with Crippen molar-refractivity contribution in [3.05, 3.63) is 75.7 Å². The third-order valence-electron chi connectivity index (χ3n) is 7.25. The van der Waals surface area contributed by atoms with Crippen molar-refractivity contribution in [3.63, 3.8) is 0 Å². The number of hydrogen-bond donors (Lipinski definition) is 6. The molecule has 4 rings (SSSR count). The lowest BCUT2D eigenvalue weighted by Crippen LogP contribution is -2.39. The lowest BCUT2D eigenvalue weighted by molar-refractivity contribution is -0.193. The first-order chi connectivity index (χ1) is 23.7. The van der Waals surface area contributed by atoms with E-state index in [0.29, 0.717) is 28.1 Å². The molecular formula is C32H34F6N8O5. The van der Waals surface area contributed by atoms with E-state index in [1.807, 2.05) is 13.8 Å². The Morgan fingerprint density at radius 1 is 0.980 bits per heavy atom. The van der Waals surface area contributed by atoms with Gasteiger partial charge in [-0.1, -0.05) is 31.2 Å². The number of benzene rings is 2. The number of anilines is 2. The fourth-order valence-electron chi connectivity index (χ4n) is 4.19. The van der Waals surface area contributed by atoms with E-state index in [2.05, 4.69) is 20.9 Å². The first kappa shape index (κ1) is 39.7. The predicted molar refractivity (Wildman–Crippen MR) is 174 cm³/mol. The van der Waals surface area contributed by atoms with Crippen molar-refractivity contribution < 1.29 is 45.5 Å². The second-order valence-electron chi connectivity index (χ2n) is 11.5. The first-order valence-electron chi connectivity index (χ1n) is 15.2. The van der Waals surface area contributed by atoms with E-state index in [4.69, 9.17) is 16.9 Å². The maximum Gasteiger partial charge on any atom is 0.458 e. The van der Waals surface area contributed by atoms with Crippen LogP contribution >= 0.6 is 0 Å². The molecule has 51 heavy (non-hydrogen) atoms. The molecule has 0 unspecified atom stereocenters. The van der Waals surface area contributed by atoms with Crippen LogP contribution in [-0.4, -0.2) is 63.2 Å². The van der Waals surface area contributed by atoms with Crippen molar-refractivity contribution in [1.29, 1.82) is 5.41 Å². The molecule has 1 heterocycles. The number of ketones is 2. The Labute approximate surface area is 286 Å². The van der Waals surface area contributed by atoms with Gasteiger partial charge in [0.05, 0.1) is 11.9 Å². The SMILES string of the molecule is CC[C@@H](C)NC(=O)c1cc(N)cc(-c2cnc(NC3CC3)c(=O)n2CC(=O)NCc2ccc(C(=N)N)cc2)c1.O=C(C(=O)C(F)(F)F)C(F)(F)F. The summed E-state index contributed by atoms with van der Waals surface area (Å²) in [7, 11) is 0. The van der Waals surface area contributed by atoms with Crippen LogP contribution in [0.15, 0.2) is 53.5 Å². The summed E-state index contributed by atoms with van der Waals surface area (Å²) >= 11 is 0. The Kier molecular flexibility index (Phi) is 12.7. The molecule has 0 radical (unpaired) electrons. The zero-order chi connectivity index (χ0) is 38.3. The van der Waals surface area contributed by atoms with Crippen molar-refractivity contribution in [1.82, 2.24) is 20.2 Å². The first-order valence-corrected chi connectivity index (χ1v) is 15.2. The summed E-state index contributed by atoms with van der Waals surface area (Å²) in [6.07, 6.45) is -7.34. The summed E-state index contributed by atoms with van der Waals surface area (Å²) in [6.45, 7) is 3.86. The number of rotatable bonds is 12. The van der Waals surface area contributed by atoms with Crippen LogP contribution in [-0.2, 0) is 27.5 Å². The quantitative estimate of drug-likeness (QED) is 0.0530. The van der Waals surface area contributed by atoms with Gasteiger partial charge in [0.25, 0.3) is 11.5 Å². The summed E-state index contributed by atoms with van der Waals surface area (Å²) in [5, 5.41) is 16.4. The molecule has 1 saturated carbocycles. The largest absolute Gasteiger partial charge is 0.458 e. The van der Waals surface area contributed by atoms with Crippen LogP contribution in [0.4, 0.5) is 37.8 Å². The molecule has 19 heteroatoms. The summed E-state index contributed by atoms with van der Waals surface area (Å²) < 4.78 is 68.3. The average Bonchev–Trinajstić information content (AvgIpc) is 3.88. The van der Waals surface area contributed by atoms with Crippen LogP contribution in [0, 0.1) is 5.41 Å². The molecule has 13 nitrogen and oxygen atoms in total. The van der Waals surface area contributed by atoms with Crippen LogP contribution in [0.5, 0.6) is 0 Å². The summed E-state index contributed by atoms with van der Waals surface area (Å²) in [5.41, 5.74) is 14.2. The highest BCUT2D eigenvalue weighted by Gasteiger charge is 2.54. The van der Waals surface area contributed by atoms with Gasteiger partial charge in [-0.3, -0.25) is 33.9 Å². The van der Waals surface area contributed by atoms with Crippen molar-refractivity contribution >= 4 is 40.7 Å². The smallest absolute Gasteiger partial charge is 0.399 e. The summed E-state index contributed by atoms with van der Waals surface area (Å²) in [4.78, 5) is 62.8. The number of carbonyl (C=O) groups excluding carboxylic acids is 4. The van der Waals surface area contributed by atoms with Crippen LogP contribution in [0.1, 0.15) is 54.6 Å². The highest BCUT2D eigenvalue weighted by Crippen LogP contribution is 2.26. The molecule has 1 fully saturated rings. The average molecular weight is 725 g/mol. The zero-order valence-corrected chi connectivity index (χ0v) is 27.2. The third kappa shape index (κ3) is 11.4. The molecule has 1 atom stereocenters. The number of hydrogen-bond acceptors (Lipinski definition) is 9. The molecular weight excluding hydrogens is 690 g/mol. The number of amides is 2. The minimum atomic E-state index is -5.77. The molecule has 0 bridgehead atoms. The number of Topliss-reactive ketones (excluding diaryl/α,β-unsaturated/α-hetero) is 2. The van der Waals surface area contributed by atoms with E-state index in [0.717, 1.165) is 24.8 Å². The van der Waals surface area contributed by atoms with Crippen LogP contribution < -0.4 is 33.0 Å². The Morgan fingerprint density at radius 3 is 2.08 bits per heavy atom. The van der Waals surface area contributed by atoms with E-state index in [1.165, 1.54) is 10.8 Å². The Bertz CT molecular complexity index is 1830. The second-order valence-corrected chi connectivity index (χ2v) is 11.5. The lowest BCUT2D eigenvalue weighted by Gasteiger charge is -2.17. The standard InChI is InChI=1S/C28H34N8O3.C4F6O2/c1-3-16(2)34-27(38)20-10-19(11-21(29)12-20)23-14-33-26(35-22-8-9-22)28(39)36(23)15-24(37)32-13-17-4-6-18(7-5-17)25(30)31;5-3(6,7)1(11)2(12)4(8,9)10/h4-7,10-12,14,16,22H,3,8-9,13,15,29H2,1-2H3,(H3,30,31)(H,32,37)(H,33,35)(H,34,38);/t16-;/m1./s1. The summed E-state index contributed by atoms with van der Waals surface area (Å²) in [5.74, 6) is -7.33. The van der Waals surface area contributed by atoms with Crippen LogP contribution in [0.3, 0.4) is 0 Å². The molecule has 2 amide bonds. The second kappa shape index (κ2) is 16.3. The van der Waals surface area contributed by atoms with E-state index in [9.17, 15) is 50.3 Å². The monoisotopic (exact) mass is 724 g/mol. The molecule has 1 aliphatic rings. The van der Waals surface area contributed by atoms with Gasteiger partial charge in [-0.2, -0.15) is 26.3 Å². The molecule has 1 aromatic heterocycles. The van der Waals surface area contributed by atoms with Gasteiger partial charge in [0.2, 0.25) is 5.91 Å². The molecule has 2 aromatic carbocycles. The van der Waals surface area contributed by atoms with Gasteiger partial charge in [0, 0.05) is 41.0 Å². The number of nitrogens with one attached hydrogen (secondary N) is 4. The number of alkyl halides is 6. The number of nitrogen functional groups attached to an aromatic ring is 2. The van der Waals surface area contributed by atoms with E-state index < -0.39 is 29.5 Å². The minimum absolute atomic E-state index is 0.0163. The van der Waals surface area contributed by atoms with Gasteiger partial charge >= 0.3 is 23.9 Å². The molecule has 0 aliphatic heterocycles. The van der Waals surface area contributed by atoms with Gasteiger partial charge in [-0.25, -0.2) is 4.98 Å². The number of nitrogens with two attached hydrogens (primary N) is 2. The highest BCUT2D eigenvalue weighted by atomic mass is 19.4. The van der Waals surface area contributed by atoms with Crippen molar-refractivity contribution in [3.8, 4) is 11.3 Å². The van der Waals surface area contributed by atoms with Gasteiger partial charge in [-0.05, 0) is 49.9 Å². The topological polar surface area (TPSA) is 215 Å². The third-order valence-corrected chi connectivity index (χ3v) is 7.25. The molecule has 8 N–H and O–H groups in total. The number of carbonyl (C=O) groups is 4. The normalized spacial score (nSPS) is 13.3. The zero-order valence-electron chi connectivity index (χ0n) is 27.2. The summed E-state index contributed by atoms with van der Waals surface area (Å²) in [6, 6.07) is 12.0. The van der Waals surface area contributed by atoms with Crippen molar-refractivity contribution in [2.24, 2.45) is 5.73 Å². The van der Waals surface area contributed by atoms with Crippen molar-refractivity contribution in [2.75, 3.05) is 11.1 Å². The Morgan fingerprint density at radius 2 is 1.57 bits per heavy atom. The molecule has 1 aliphatic carbocycles. The van der Waals surface area contributed by atoms with E-state index in [1.54, 1.807) is 42.5 Å². The molecule has 3 aromatic rings. The lowest BCUT2D eigenvalue weighted by atomic mass is 10.1. The van der Waals surface area contributed by atoms with Crippen molar-refractivity contribution in [2.45, 2.75) is 70.6 Å². The number of aromatic nitrogens is 2. The number of nitrogens with zero attached hydrogens (tertiary/aromatic N) is 2. The molecule has 0 spiro atoms. The predicted octanol–water partition coefficient (Wildman–Crippen LogP) is 3.44. The maximum absolute atomic E-state index is 13.4. The van der Waals surface area contributed by atoms with Gasteiger partial charge in [0.1, 0.15) is 12.4 Å². The minimum Gasteiger partial charge on any atom is -0.399 e.